The van der Waals surface area contributed by atoms with Crippen molar-refractivity contribution < 1.29 is 14.3 Å². The highest BCUT2D eigenvalue weighted by molar-refractivity contribution is 5.75. The van der Waals surface area contributed by atoms with Gasteiger partial charge in [0.05, 0.1) is 17.6 Å². The smallest absolute Gasteiger partial charge is 0.309 e. The lowest BCUT2D eigenvalue weighted by molar-refractivity contribution is -0.147. The Morgan fingerprint density at radius 1 is 1.44 bits per heavy atom. The molecule has 0 bridgehead atoms. The van der Waals surface area contributed by atoms with Crippen LogP contribution in [0.15, 0.2) is 12.2 Å². The molecular formula is C15H20O3. The number of esters is 1. The van der Waals surface area contributed by atoms with E-state index in [1.54, 1.807) is 0 Å². The largest absolute Gasteiger partial charge is 0.461 e. The first-order valence-electron chi connectivity index (χ1n) is 7.08. The number of hydrogen-bond acceptors (Lipinski definition) is 3. The Morgan fingerprint density at radius 2 is 2.22 bits per heavy atom. The van der Waals surface area contributed by atoms with Gasteiger partial charge in [-0.15, -0.1) is 0 Å². The molecule has 7 atom stereocenters. The average Bonchev–Trinajstić information content (AvgIpc) is 2.82. The molecule has 3 nitrogen and oxygen atoms in total. The van der Waals surface area contributed by atoms with Gasteiger partial charge in [0.15, 0.2) is 0 Å². The first kappa shape index (κ1) is 11.0. The standard InChI is InChI=1S/C15H20O3/c1-7-4-5-9-8(2)14(16)17-13(9)12-10(7)6-11-15(12,3)18-11/h8-13H,1,4-6H2,2-3H3. The van der Waals surface area contributed by atoms with E-state index in [-0.39, 0.29) is 23.6 Å². The fourth-order valence-electron chi connectivity index (χ4n) is 4.68. The fourth-order valence-corrected chi connectivity index (χ4v) is 4.68. The Labute approximate surface area is 108 Å². The molecule has 2 aliphatic heterocycles. The number of ether oxygens (including phenoxy) is 2. The molecule has 0 aromatic carbocycles. The number of epoxide rings is 1. The van der Waals surface area contributed by atoms with Crippen molar-refractivity contribution >= 4 is 5.97 Å². The lowest BCUT2D eigenvalue weighted by atomic mass is 9.77. The highest BCUT2D eigenvalue weighted by atomic mass is 16.6. The lowest BCUT2D eigenvalue weighted by Gasteiger charge is -2.30. The number of carbonyl (C=O) groups excluding carboxylic acids is 1. The third kappa shape index (κ3) is 1.16. The summed E-state index contributed by atoms with van der Waals surface area (Å²) in [6, 6.07) is 0. The quantitative estimate of drug-likeness (QED) is 0.375. The molecule has 7 unspecified atom stereocenters. The molecular weight excluding hydrogens is 228 g/mol. The van der Waals surface area contributed by atoms with E-state index in [0.29, 0.717) is 23.9 Å². The van der Waals surface area contributed by atoms with Gasteiger partial charge in [0.25, 0.3) is 0 Å². The van der Waals surface area contributed by atoms with Crippen molar-refractivity contribution in [1.29, 1.82) is 0 Å². The van der Waals surface area contributed by atoms with Crippen molar-refractivity contribution in [3.63, 3.8) is 0 Å². The number of allylic oxidation sites excluding steroid dienone is 1. The van der Waals surface area contributed by atoms with Gasteiger partial charge in [0, 0.05) is 11.8 Å². The molecule has 18 heavy (non-hydrogen) atoms. The van der Waals surface area contributed by atoms with Gasteiger partial charge < -0.3 is 9.47 Å². The van der Waals surface area contributed by atoms with Crippen molar-refractivity contribution in [2.75, 3.05) is 0 Å². The van der Waals surface area contributed by atoms with Crippen LogP contribution in [0.5, 0.6) is 0 Å². The first-order chi connectivity index (χ1) is 8.52. The van der Waals surface area contributed by atoms with Gasteiger partial charge in [-0.25, -0.2) is 0 Å². The summed E-state index contributed by atoms with van der Waals surface area (Å²) in [5, 5.41) is 0. The zero-order valence-electron chi connectivity index (χ0n) is 11.0. The maximum Gasteiger partial charge on any atom is 0.309 e. The van der Waals surface area contributed by atoms with Gasteiger partial charge in [-0.1, -0.05) is 19.1 Å². The van der Waals surface area contributed by atoms with Crippen LogP contribution in [0.3, 0.4) is 0 Å². The van der Waals surface area contributed by atoms with Crippen molar-refractivity contribution in [3.05, 3.63) is 12.2 Å². The second-order valence-corrected chi connectivity index (χ2v) is 6.71. The summed E-state index contributed by atoms with van der Waals surface area (Å²) in [6.07, 6.45) is 3.61. The SMILES string of the molecule is C=C1CCC2C(C)C(=O)OC2C2C1CC1OC12C. The summed E-state index contributed by atoms with van der Waals surface area (Å²) in [6.45, 7) is 8.48. The number of fused-ring (bicyclic) bond motifs is 5. The Hall–Kier alpha value is -0.830. The molecule has 2 saturated heterocycles. The van der Waals surface area contributed by atoms with E-state index in [9.17, 15) is 4.79 Å². The maximum atomic E-state index is 11.9. The van der Waals surface area contributed by atoms with Crippen LogP contribution in [0.1, 0.15) is 33.1 Å². The molecule has 0 radical (unpaired) electrons. The molecule has 0 N–H and O–H groups in total. The molecule has 0 aromatic rings. The van der Waals surface area contributed by atoms with E-state index in [2.05, 4.69) is 13.5 Å². The Balaban J connectivity index is 1.75. The second-order valence-electron chi connectivity index (χ2n) is 6.71. The highest BCUT2D eigenvalue weighted by Crippen LogP contribution is 2.63. The van der Waals surface area contributed by atoms with Crippen LogP contribution < -0.4 is 0 Å². The Kier molecular flexibility index (Phi) is 1.95. The minimum Gasteiger partial charge on any atom is -0.461 e. The van der Waals surface area contributed by atoms with Crippen molar-refractivity contribution in [2.45, 2.75) is 50.9 Å². The minimum absolute atomic E-state index is 0.0102. The predicted octanol–water partition coefficient (Wildman–Crippen LogP) is 2.31. The van der Waals surface area contributed by atoms with E-state index in [0.717, 1.165) is 19.3 Å². The zero-order chi connectivity index (χ0) is 12.7. The van der Waals surface area contributed by atoms with Crippen LogP contribution in [0.25, 0.3) is 0 Å². The van der Waals surface area contributed by atoms with E-state index in [4.69, 9.17) is 9.47 Å². The number of carbonyl (C=O) groups is 1. The lowest BCUT2D eigenvalue weighted by Crippen LogP contribution is -2.37. The van der Waals surface area contributed by atoms with Gasteiger partial charge in [0.1, 0.15) is 6.10 Å². The monoisotopic (exact) mass is 248 g/mol. The molecule has 0 aromatic heterocycles. The van der Waals surface area contributed by atoms with Gasteiger partial charge in [-0.05, 0) is 32.1 Å². The Bertz CT molecular complexity index is 443. The van der Waals surface area contributed by atoms with Crippen molar-refractivity contribution in [3.8, 4) is 0 Å². The zero-order valence-corrected chi connectivity index (χ0v) is 11.0. The maximum absolute atomic E-state index is 11.9. The summed E-state index contributed by atoms with van der Waals surface area (Å²) in [5.74, 6) is 1.24. The molecule has 3 heteroatoms. The topological polar surface area (TPSA) is 38.8 Å². The predicted molar refractivity (Wildman–Crippen MR) is 65.8 cm³/mol. The van der Waals surface area contributed by atoms with E-state index >= 15 is 0 Å². The van der Waals surface area contributed by atoms with Crippen LogP contribution >= 0.6 is 0 Å². The van der Waals surface area contributed by atoms with Crippen LogP contribution in [0, 0.1) is 23.7 Å². The van der Waals surface area contributed by atoms with Crippen molar-refractivity contribution in [1.82, 2.24) is 0 Å². The summed E-state index contributed by atoms with van der Waals surface area (Å²) < 4.78 is 11.6. The van der Waals surface area contributed by atoms with Gasteiger partial charge in [-0.2, -0.15) is 0 Å². The van der Waals surface area contributed by atoms with Crippen LogP contribution in [0.2, 0.25) is 0 Å². The highest BCUT2D eigenvalue weighted by Gasteiger charge is 2.70. The molecule has 0 amide bonds. The number of rotatable bonds is 0. The molecule has 98 valence electrons. The molecule has 0 spiro atoms. The van der Waals surface area contributed by atoms with Gasteiger partial charge >= 0.3 is 5.97 Å². The molecule has 2 aliphatic carbocycles. The third-order valence-corrected chi connectivity index (χ3v) is 5.91. The molecule has 4 aliphatic rings. The normalized spacial score (nSPS) is 57.4. The summed E-state index contributed by atoms with van der Waals surface area (Å²) in [4.78, 5) is 11.9. The summed E-state index contributed by atoms with van der Waals surface area (Å²) in [5.41, 5.74) is 1.31. The first-order valence-corrected chi connectivity index (χ1v) is 7.08. The molecule has 2 heterocycles. The number of hydrogen-bond donors (Lipinski definition) is 0. The molecule has 2 saturated carbocycles. The fraction of sp³-hybridized carbons (Fsp3) is 0.800. The van der Waals surface area contributed by atoms with E-state index in [1.165, 1.54) is 5.57 Å². The van der Waals surface area contributed by atoms with E-state index < -0.39 is 0 Å². The van der Waals surface area contributed by atoms with Crippen LogP contribution in [-0.4, -0.2) is 23.8 Å². The average molecular weight is 248 g/mol. The van der Waals surface area contributed by atoms with Gasteiger partial charge in [0.2, 0.25) is 0 Å². The Morgan fingerprint density at radius 3 is 3.00 bits per heavy atom. The van der Waals surface area contributed by atoms with Crippen molar-refractivity contribution in [2.24, 2.45) is 23.7 Å². The minimum atomic E-state index is -0.0504. The second kappa shape index (κ2) is 3.19. The molecule has 4 fully saturated rings. The van der Waals surface area contributed by atoms with Crippen LogP contribution in [-0.2, 0) is 14.3 Å². The van der Waals surface area contributed by atoms with E-state index in [1.807, 2.05) is 6.92 Å². The van der Waals surface area contributed by atoms with Gasteiger partial charge in [-0.3, -0.25) is 4.79 Å². The third-order valence-electron chi connectivity index (χ3n) is 5.91. The summed E-state index contributed by atoms with van der Waals surface area (Å²) in [7, 11) is 0. The summed E-state index contributed by atoms with van der Waals surface area (Å²) >= 11 is 0. The molecule has 4 rings (SSSR count). The van der Waals surface area contributed by atoms with Crippen LogP contribution in [0.4, 0.5) is 0 Å².